The third kappa shape index (κ3) is 11.8. The average Bonchev–Trinajstić information content (AvgIpc) is 2.85. The number of hydrogen-bond donors (Lipinski definition) is 5. The summed E-state index contributed by atoms with van der Waals surface area (Å²) in [6, 6.07) is 0. The highest BCUT2D eigenvalue weighted by Gasteiger charge is 2.32. The van der Waals surface area contributed by atoms with E-state index in [0.717, 1.165) is 0 Å². The quantitative estimate of drug-likeness (QED) is 0.156. The molecule has 1 aliphatic rings. The number of cyclic esters (lactones) is 1. The SMILES string of the molecule is CCC(O)C(C)C(O)C(O)CC(C)/C=C/C=C(\C)C1OC(=O)CC(O)/C=C/C(C)(O)C(OC(C)=O)/C=C/C1C. The molecule has 1 rings (SSSR count). The third-order valence-electron chi connectivity index (χ3n) is 7.04. The highest BCUT2D eigenvalue weighted by molar-refractivity contribution is 5.71. The van der Waals surface area contributed by atoms with Crippen LogP contribution in [-0.4, -0.2) is 79.7 Å². The van der Waals surface area contributed by atoms with Crippen LogP contribution >= 0.6 is 0 Å². The van der Waals surface area contributed by atoms with Gasteiger partial charge in [-0.1, -0.05) is 64.2 Å². The molecule has 0 amide bonds. The summed E-state index contributed by atoms with van der Waals surface area (Å²) < 4.78 is 11.0. The number of allylic oxidation sites excluding steroid dienone is 3. The molecule has 0 saturated heterocycles. The summed E-state index contributed by atoms with van der Waals surface area (Å²) >= 11 is 0. The van der Waals surface area contributed by atoms with Crippen molar-refractivity contribution in [2.24, 2.45) is 17.8 Å². The summed E-state index contributed by atoms with van der Waals surface area (Å²) in [5, 5.41) is 51.8. The van der Waals surface area contributed by atoms with Crippen molar-refractivity contribution in [1.29, 1.82) is 0 Å². The van der Waals surface area contributed by atoms with Crippen molar-refractivity contribution in [3.63, 3.8) is 0 Å². The van der Waals surface area contributed by atoms with Crippen molar-refractivity contribution in [3.05, 3.63) is 48.1 Å². The van der Waals surface area contributed by atoms with Crippen LogP contribution in [0, 0.1) is 17.8 Å². The fourth-order valence-electron chi connectivity index (χ4n) is 4.39. The second kappa shape index (κ2) is 16.1. The predicted molar refractivity (Wildman–Crippen MR) is 148 cm³/mol. The van der Waals surface area contributed by atoms with E-state index in [9.17, 15) is 35.1 Å². The van der Waals surface area contributed by atoms with E-state index in [1.54, 1.807) is 38.2 Å². The third-order valence-corrected chi connectivity index (χ3v) is 7.04. The lowest BCUT2D eigenvalue weighted by atomic mass is 9.88. The zero-order valence-corrected chi connectivity index (χ0v) is 24.2. The molecule has 0 aromatic heterocycles. The van der Waals surface area contributed by atoms with Crippen molar-refractivity contribution < 1.29 is 44.6 Å². The minimum Gasteiger partial charge on any atom is -0.457 e. The van der Waals surface area contributed by atoms with Gasteiger partial charge in [0.1, 0.15) is 11.7 Å². The molecule has 0 aromatic carbocycles. The van der Waals surface area contributed by atoms with E-state index in [0.29, 0.717) is 18.4 Å². The van der Waals surface area contributed by atoms with Crippen LogP contribution in [0.5, 0.6) is 0 Å². The molecule has 222 valence electrons. The lowest BCUT2D eigenvalue weighted by Crippen LogP contribution is -2.40. The smallest absolute Gasteiger partial charge is 0.309 e. The highest BCUT2D eigenvalue weighted by Crippen LogP contribution is 2.25. The molecule has 0 bridgehead atoms. The molecule has 9 nitrogen and oxygen atoms in total. The van der Waals surface area contributed by atoms with Gasteiger partial charge in [0.2, 0.25) is 0 Å². The first-order valence-electron chi connectivity index (χ1n) is 13.6. The number of hydrogen-bond acceptors (Lipinski definition) is 9. The number of aliphatic hydroxyl groups excluding tert-OH is 4. The molecule has 9 heteroatoms. The summed E-state index contributed by atoms with van der Waals surface area (Å²) in [7, 11) is 0. The van der Waals surface area contributed by atoms with Gasteiger partial charge in [-0.25, -0.2) is 0 Å². The summed E-state index contributed by atoms with van der Waals surface area (Å²) in [6.45, 7) is 11.7. The monoisotopic (exact) mass is 552 g/mol. The molecule has 10 unspecified atom stereocenters. The van der Waals surface area contributed by atoms with E-state index in [1.165, 1.54) is 26.0 Å². The standard InChI is InChI=1S/C30H48O9/c1-8-24(33)21(5)28(36)25(34)16-18(2)10-9-11-19(3)29-20(4)12-13-26(38-22(6)31)30(7,37)15-14-23(32)17-27(35)39-29/h9-15,18,20-21,23-26,28-29,32-34,36-37H,8,16-17H2,1-7H3/b10-9+,13-12+,15-14+,19-11+. The van der Waals surface area contributed by atoms with Crippen LogP contribution in [0.4, 0.5) is 0 Å². The Labute approximate surface area is 232 Å². The second-order valence-electron chi connectivity index (χ2n) is 10.9. The Kier molecular flexibility index (Phi) is 14.3. The molecule has 0 saturated carbocycles. The maximum Gasteiger partial charge on any atom is 0.309 e. The second-order valence-corrected chi connectivity index (χ2v) is 10.9. The fourth-order valence-corrected chi connectivity index (χ4v) is 4.39. The number of esters is 2. The summed E-state index contributed by atoms with van der Waals surface area (Å²) in [5.41, 5.74) is -0.905. The van der Waals surface area contributed by atoms with Crippen LogP contribution in [0.2, 0.25) is 0 Å². The molecule has 0 fully saturated rings. The maximum absolute atomic E-state index is 12.5. The highest BCUT2D eigenvalue weighted by atomic mass is 16.6. The Morgan fingerprint density at radius 1 is 1.18 bits per heavy atom. The van der Waals surface area contributed by atoms with E-state index in [2.05, 4.69) is 0 Å². The molecule has 0 aromatic rings. The van der Waals surface area contributed by atoms with Crippen molar-refractivity contribution in [3.8, 4) is 0 Å². The van der Waals surface area contributed by atoms with Crippen LogP contribution < -0.4 is 0 Å². The maximum atomic E-state index is 12.5. The number of carbonyl (C=O) groups is 2. The molecule has 0 radical (unpaired) electrons. The van der Waals surface area contributed by atoms with Crippen LogP contribution in [0.15, 0.2) is 48.1 Å². The van der Waals surface area contributed by atoms with E-state index in [1.807, 2.05) is 26.8 Å². The molecular formula is C30H48O9. The lowest BCUT2D eigenvalue weighted by Gasteiger charge is -2.29. The van der Waals surface area contributed by atoms with Gasteiger partial charge in [0, 0.05) is 18.8 Å². The minimum atomic E-state index is -1.62. The van der Waals surface area contributed by atoms with Crippen LogP contribution in [0.1, 0.15) is 67.7 Å². The summed E-state index contributed by atoms with van der Waals surface area (Å²) in [6.07, 6.45) is 6.07. The van der Waals surface area contributed by atoms with Gasteiger partial charge in [0.05, 0.1) is 30.8 Å². The van der Waals surface area contributed by atoms with E-state index >= 15 is 0 Å². The average molecular weight is 553 g/mol. The Balaban J connectivity index is 3.09. The Morgan fingerprint density at radius 2 is 1.82 bits per heavy atom. The van der Waals surface area contributed by atoms with Crippen LogP contribution in [0.25, 0.3) is 0 Å². The number of rotatable bonds is 10. The fraction of sp³-hybridized carbons (Fsp3) is 0.667. The lowest BCUT2D eigenvalue weighted by molar-refractivity contribution is -0.152. The first-order chi connectivity index (χ1) is 18.1. The molecule has 0 aliphatic carbocycles. The first-order valence-corrected chi connectivity index (χ1v) is 13.6. The normalized spacial score (nSPS) is 32.6. The van der Waals surface area contributed by atoms with Gasteiger partial charge in [0.25, 0.3) is 0 Å². The van der Waals surface area contributed by atoms with Gasteiger partial charge < -0.3 is 35.0 Å². The molecular weight excluding hydrogens is 504 g/mol. The Hall–Kier alpha value is -2.30. The molecule has 1 heterocycles. The molecule has 1 aliphatic heterocycles. The van der Waals surface area contributed by atoms with Gasteiger partial charge in [-0.15, -0.1) is 0 Å². The molecule has 0 spiro atoms. The van der Waals surface area contributed by atoms with E-state index < -0.39 is 60.1 Å². The summed E-state index contributed by atoms with van der Waals surface area (Å²) in [5.74, 6) is -2.10. The zero-order valence-electron chi connectivity index (χ0n) is 24.2. The predicted octanol–water partition coefficient (Wildman–Crippen LogP) is 2.75. The van der Waals surface area contributed by atoms with E-state index in [4.69, 9.17) is 9.47 Å². The first kappa shape index (κ1) is 34.7. The molecule has 10 atom stereocenters. The molecule has 5 N–H and O–H groups in total. The van der Waals surface area contributed by atoms with Crippen LogP contribution in [0.3, 0.4) is 0 Å². The van der Waals surface area contributed by atoms with Crippen molar-refractivity contribution >= 4 is 11.9 Å². The molecule has 39 heavy (non-hydrogen) atoms. The van der Waals surface area contributed by atoms with Gasteiger partial charge in [-0.2, -0.15) is 0 Å². The largest absolute Gasteiger partial charge is 0.457 e. The number of ether oxygens (including phenoxy) is 2. The topological polar surface area (TPSA) is 154 Å². The minimum absolute atomic E-state index is 0.0884. The Bertz CT molecular complexity index is 904. The van der Waals surface area contributed by atoms with Crippen molar-refractivity contribution in [1.82, 2.24) is 0 Å². The van der Waals surface area contributed by atoms with E-state index in [-0.39, 0.29) is 18.3 Å². The zero-order chi connectivity index (χ0) is 29.9. The number of aliphatic hydroxyl groups is 5. The van der Waals surface area contributed by atoms with Crippen molar-refractivity contribution in [2.45, 2.75) is 110 Å². The van der Waals surface area contributed by atoms with Gasteiger partial charge in [0.15, 0.2) is 6.10 Å². The number of carbonyl (C=O) groups excluding carboxylic acids is 2. The van der Waals surface area contributed by atoms with Gasteiger partial charge in [-0.3, -0.25) is 9.59 Å². The van der Waals surface area contributed by atoms with Crippen LogP contribution in [-0.2, 0) is 19.1 Å². The summed E-state index contributed by atoms with van der Waals surface area (Å²) in [4.78, 5) is 24.2. The van der Waals surface area contributed by atoms with Gasteiger partial charge >= 0.3 is 11.9 Å². The van der Waals surface area contributed by atoms with Gasteiger partial charge in [-0.05, 0) is 44.3 Å². The Morgan fingerprint density at radius 3 is 2.41 bits per heavy atom. The van der Waals surface area contributed by atoms with Crippen molar-refractivity contribution in [2.75, 3.05) is 0 Å².